The standard InChI is InChI=1S/C19H26N4S/c1-14(2)16-5-3-4-6-17(16)24-19-13-21-18(12-22-19)23-9-7-15(11-20)8-10-23/h3-6,12-15H,7-11,20H2,1-2H3. The number of rotatable bonds is 5. The van der Waals surface area contributed by atoms with E-state index in [1.807, 2.05) is 12.4 Å². The van der Waals surface area contributed by atoms with Gasteiger partial charge in [-0.1, -0.05) is 43.8 Å². The van der Waals surface area contributed by atoms with Crippen LogP contribution < -0.4 is 10.6 Å². The minimum absolute atomic E-state index is 0.504. The molecule has 1 aliphatic rings. The van der Waals surface area contributed by atoms with Crippen molar-refractivity contribution in [2.24, 2.45) is 11.7 Å². The van der Waals surface area contributed by atoms with Crippen molar-refractivity contribution in [1.29, 1.82) is 0 Å². The van der Waals surface area contributed by atoms with Gasteiger partial charge < -0.3 is 10.6 Å². The highest BCUT2D eigenvalue weighted by Gasteiger charge is 2.19. The van der Waals surface area contributed by atoms with Gasteiger partial charge in [-0.05, 0) is 42.9 Å². The second kappa shape index (κ2) is 7.99. The topological polar surface area (TPSA) is 55.0 Å². The van der Waals surface area contributed by atoms with Gasteiger partial charge in [0.05, 0.1) is 12.4 Å². The van der Waals surface area contributed by atoms with Gasteiger partial charge >= 0.3 is 0 Å². The second-order valence-corrected chi connectivity index (χ2v) is 7.74. The molecule has 0 bridgehead atoms. The highest BCUT2D eigenvalue weighted by molar-refractivity contribution is 7.99. The van der Waals surface area contributed by atoms with E-state index in [1.165, 1.54) is 10.5 Å². The first kappa shape index (κ1) is 17.2. The fourth-order valence-corrected chi connectivity index (χ4v) is 4.09. The highest BCUT2D eigenvalue weighted by atomic mass is 32.2. The van der Waals surface area contributed by atoms with E-state index in [2.05, 4.69) is 53.0 Å². The molecule has 3 rings (SSSR count). The molecule has 24 heavy (non-hydrogen) atoms. The number of nitrogens with two attached hydrogens (primary N) is 1. The minimum Gasteiger partial charge on any atom is -0.355 e. The number of piperidine rings is 1. The molecule has 2 aromatic rings. The lowest BCUT2D eigenvalue weighted by molar-refractivity contribution is 0.413. The summed E-state index contributed by atoms with van der Waals surface area (Å²) in [6.45, 7) is 7.29. The zero-order valence-corrected chi connectivity index (χ0v) is 15.3. The van der Waals surface area contributed by atoms with E-state index < -0.39 is 0 Å². The van der Waals surface area contributed by atoms with Gasteiger partial charge in [-0.3, -0.25) is 0 Å². The Bertz CT molecular complexity index is 649. The first-order valence-corrected chi connectivity index (χ1v) is 9.53. The molecule has 1 aliphatic heterocycles. The molecule has 0 unspecified atom stereocenters. The zero-order chi connectivity index (χ0) is 16.9. The van der Waals surface area contributed by atoms with Gasteiger partial charge in [-0.25, -0.2) is 9.97 Å². The molecule has 0 aliphatic carbocycles. The van der Waals surface area contributed by atoms with Crippen LogP contribution in [0.1, 0.15) is 38.2 Å². The van der Waals surface area contributed by atoms with E-state index in [0.717, 1.165) is 43.3 Å². The lowest BCUT2D eigenvalue weighted by Gasteiger charge is -2.31. The Labute approximate surface area is 148 Å². The summed E-state index contributed by atoms with van der Waals surface area (Å²) in [7, 11) is 0. The summed E-state index contributed by atoms with van der Waals surface area (Å²) < 4.78 is 0. The van der Waals surface area contributed by atoms with Crippen molar-refractivity contribution < 1.29 is 0 Å². The maximum Gasteiger partial charge on any atom is 0.147 e. The van der Waals surface area contributed by atoms with E-state index in [-0.39, 0.29) is 0 Å². The second-order valence-electron chi connectivity index (χ2n) is 6.67. The normalized spacial score (nSPS) is 15.9. The van der Waals surface area contributed by atoms with Gasteiger partial charge in [0.25, 0.3) is 0 Å². The molecule has 4 nitrogen and oxygen atoms in total. The van der Waals surface area contributed by atoms with Crippen LogP contribution in [0.5, 0.6) is 0 Å². The largest absolute Gasteiger partial charge is 0.355 e. The number of hydrogen-bond acceptors (Lipinski definition) is 5. The van der Waals surface area contributed by atoms with Gasteiger partial charge in [-0.15, -0.1) is 0 Å². The van der Waals surface area contributed by atoms with Crippen LogP contribution in [0.15, 0.2) is 46.6 Å². The summed E-state index contributed by atoms with van der Waals surface area (Å²) in [6, 6.07) is 8.53. The van der Waals surface area contributed by atoms with Crippen molar-refractivity contribution in [2.45, 2.75) is 42.5 Å². The molecule has 1 aromatic heterocycles. The fraction of sp³-hybridized carbons (Fsp3) is 0.474. The van der Waals surface area contributed by atoms with Crippen molar-refractivity contribution in [2.75, 3.05) is 24.5 Å². The Balaban J connectivity index is 1.67. The summed E-state index contributed by atoms with van der Waals surface area (Å²) >= 11 is 1.69. The average molecular weight is 343 g/mol. The molecule has 5 heteroatoms. The molecule has 0 radical (unpaired) electrons. The van der Waals surface area contributed by atoms with E-state index in [0.29, 0.717) is 11.8 Å². The highest BCUT2D eigenvalue weighted by Crippen LogP contribution is 2.33. The van der Waals surface area contributed by atoms with Crippen molar-refractivity contribution in [3.8, 4) is 0 Å². The van der Waals surface area contributed by atoms with Crippen LogP contribution in [0.2, 0.25) is 0 Å². The molecule has 0 spiro atoms. The molecule has 1 aromatic carbocycles. The van der Waals surface area contributed by atoms with Crippen LogP contribution in [0, 0.1) is 5.92 Å². The monoisotopic (exact) mass is 342 g/mol. The fourth-order valence-electron chi connectivity index (χ4n) is 3.09. The first-order chi connectivity index (χ1) is 11.7. The van der Waals surface area contributed by atoms with Gasteiger partial charge in [0, 0.05) is 18.0 Å². The number of hydrogen-bond donors (Lipinski definition) is 1. The molecule has 2 heterocycles. The molecule has 128 valence electrons. The van der Waals surface area contributed by atoms with Gasteiger partial charge in [0.15, 0.2) is 0 Å². The van der Waals surface area contributed by atoms with Crippen LogP contribution in [-0.2, 0) is 0 Å². The van der Waals surface area contributed by atoms with Gasteiger partial charge in [-0.2, -0.15) is 0 Å². The Morgan fingerprint density at radius 3 is 2.54 bits per heavy atom. The number of benzene rings is 1. The molecular weight excluding hydrogens is 316 g/mol. The molecular formula is C19H26N4S. The lowest BCUT2D eigenvalue weighted by atomic mass is 9.97. The summed E-state index contributed by atoms with van der Waals surface area (Å²) in [5.41, 5.74) is 7.12. The summed E-state index contributed by atoms with van der Waals surface area (Å²) in [4.78, 5) is 12.8. The number of nitrogens with zero attached hydrogens (tertiary/aromatic N) is 3. The molecule has 0 saturated carbocycles. The van der Waals surface area contributed by atoms with Crippen molar-refractivity contribution in [3.63, 3.8) is 0 Å². The van der Waals surface area contributed by atoms with Crippen LogP contribution in [-0.4, -0.2) is 29.6 Å². The summed E-state index contributed by atoms with van der Waals surface area (Å²) in [6.07, 6.45) is 6.10. The van der Waals surface area contributed by atoms with E-state index in [4.69, 9.17) is 5.73 Å². The molecule has 0 atom stereocenters. The third-order valence-electron chi connectivity index (χ3n) is 4.64. The maximum atomic E-state index is 5.76. The quantitative estimate of drug-likeness (QED) is 0.892. The van der Waals surface area contributed by atoms with Crippen LogP contribution >= 0.6 is 11.8 Å². The van der Waals surface area contributed by atoms with E-state index in [1.54, 1.807) is 11.8 Å². The smallest absolute Gasteiger partial charge is 0.147 e. The van der Waals surface area contributed by atoms with Crippen LogP contribution in [0.25, 0.3) is 0 Å². The van der Waals surface area contributed by atoms with Crippen molar-refractivity contribution in [1.82, 2.24) is 9.97 Å². The summed E-state index contributed by atoms with van der Waals surface area (Å²) in [5.74, 6) is 2.15. The average Bonchev–Trinajstić information content (AvgIpc) is 2.63. The molecule has 1 fully saturated rings. The van der Waals surface area contributed by atoms with Crippen LogP contribution in [0.4, 0.5) is 5.82 Å². The Morgan fingerprint density at radius 2 is 1.92 bits per heavy atom. The van der Waals surface area contributed by atoms with E-state index >= 15 is 0 Å². The minimum atomic E-state index is 0.504. The molecule has 0 amide bonds. The maximum absolute atomic E-state index is 5.76. The Kier molecular flexibility index (Phi) is 5.74. The predicted octanol–water partition coefficient (Wildman–Crippen LogP) is 3.93. The predicted molar refractivity (Wildman–Crippen MR) is 101 cm³/mol. The van der Waals surface area contributed by atoms with Gasteiger partial charge in [0.2, 0.25) is 0 Å². The van der Waals surface area contributed by atoms with Crippen molar-refractivity contribution >= 4 is 17.6 Å². The number of aromatic nitrogens is 2. The van der Waals surface area contributed by atoms with Crippen molar-refractivity contribution in [3.05, 3.63) is 42.2 Å². The number of anilines is 1. The first-order valence-electron chi connectivity index (χ1n) is 8.71. The lowest BCUT2D eigenvalue weighted by Crippen LogP contribution is -2.36. The molecule has 2 N–H and O–H groups in total. The third-order valence-corrected chi connectivity index (χ3v) is 5.65. The Morgan fingerprint density at radius 1 is 1.17 bits per heavy atom. The zero-order valence-electron chi connectivity index (χ0n) is 14.5. The molecule has 1 saturated heterocycles. The third kappa shape index (κ3) is 4.08. The Hall–Kier alpha value is -1.59. The van der Waals surface area contributed by atoms with Gasteiger partial charge in [0.1, 0.15) is 10.8 Å². The summed E-state index contributed by atoms with van der Waals surface area (Å²) in [5, 5.41) is 0.948. The SMILES string of the molecule is CC(C)c1ccccc1Sc1cnc(N2CCC(CN)CC2)cn1. The van der Waals surface area contributed by atoms with Crippen LogP contribution in [0.3, 0.4) is 0 Å². The van der Waals surface area contributed by atoms with E-state index in [9.17, 15) is 0 Å².